The third-order valence-electron chi connectivity index (χ3n) is 6.84. The summed E-state index contributed by atoms with van der Waals surface area (Å²) >= 11 is 1.05. The number of aliphatic hydroxyl groups excluding tert-OH is 1. The van der Waals surface area contributed by atoms with E-state index in [1.165, 1.54) is 24.9 Å². The number of nitrogen functional groups attached to an aromatic ring is 1. The van der Waals surface area contributed by atoms with Gasteiger partial charge in [0.15, 0.2) is 17.4 Å². The molecule has 0 aliphatic carbocycles. The molecule has 0 amide bonds. The molecule has 2 aliphatic heterocycles. The Morgan fingerprint density at radius 3 is 2.85 bits per heavy atom. The number of rotatable bonds is 8. The summed E-state index contributed by atoms with van der Waals surface area (Å²) in [4.78, 5) is 25.2. The number of nitrogens with one attached hydrogen (secondary N) is 1. The van der Waals surface area contributed by atoms with Crippen LogP contribution in [-0.4, -0.2) is 79.0 Å². The number of aromatic nitrogens is 4. The summed E-state index contributed by atoms with van der Waals surface area (Å²) in [6.07, 6.45) is -2.35. The molecule has 0 saturated carbocycles. The molecule has 216 valence electrons. The van der Waals surface area contributed by atoms with Gasteiger partial charge in [0.05, 0.1) is 20.0 Å². The second kappa shape index (κ2) is 11.2. The Balaban J connectivity index is 1.25. The molecule has 3 aromatic rings. The second-order valence-electron chi connectivity index (χ2n) is 9.70. The third kappa shape index (κ3) is 5.55. The Hall–Kier alpha value is -2.78. The van der Waals surface area contributed by atoms with Crippen molar-refractivity contribution < 1.29 is 38.3 Å². The summed E-state index contributed by atoms with van der Waals surface area (Å²) in [5, 5.41) is 24.9. The van der Waals surface area contributed by atoms with Crippen LogP contribution in [-0.2, 0) is 23.4 Å². The van der Waals surface area contributed by atoms with Crippen LogP contribution in [0.2, 0.25) is 0 Å². The molecule has 2 saturated heterocycles. The lowest BCUT2D eigenvalue weighted by molar-refractivity contribution is -0.150. The minimum absolute atomic E-state index is 0.0751. The predicted molar refractivity (Wildman–Crippen MR) is 145 cm³/mol. The van der Waals surface area contributed by atoms with Gasteiger partial charge in [0.1, 0.15) is 30.0 Å². The molecule has 2 aliphatic rings. The van der Waals surface area contributed by atoms with E-state index in [4.69, 9.17) is 24.5 Å². The summed E-state index contributed by atoms with van der Waals surface area (Å²) in [5.74, 6) is -0.0791. The van der Waals surface area contributed by atoms with Crippen LogP contribution >= 0.6 is 18.1 Å². The van der Waals surface area contributed by atoms with E-state index in [1.54, 1.807) is 6.92 Å². The molecule has 2 unspecified atom stereocenters. The van der Waals surface area contributed by atoms with Crippen LogP contribution in [0.3, 0.4) is 0 Å². The van der Waals surface area contributed by atoms with Crippen molar-refractivity contribution in [3.8, 4) is 5.88 Å². The maximum Gasteiger partial charge on any atom is 0.327 e. The molecule has 2 fully saturated rings. The number of hydrogen-bond donors (Lipinski definition) is 4. The number of aliphatic hydroxyl groups is 2. The van der Waals surface area contributed by atoms with Gasteiger partial charge in [-0.2, -0.15) is 9.97 Å². The van der Waals surface area contributed by atoms with Crippen LogP contribution in [0, 0.1) is 0 Å². The zero-order valence-electron chi connectivity index (χ0n) is 22.0. The zero-order valence-corrected chi connectivity index (χ0v) is 23.7. The normalized spacial score (nSPS) is 31.2. The summed E-state index contributed by atoms with van der Waals surface area (Å²) in [7, 11) is 1.41. The predicted octanol–water partition coefficient (Wildman–Crippen LogP) is 1.95. The highest BCUT2D eigenvalue weighted by Crippen LogP contribution is 2.59. The molecule has 5 N–H and O–H groups in total. The van der Waals surface area contributed by atoms with E-state index >= 15 is 0 Å². The maximum atomic E-state index is 13.5. The monoisotopic (exact) mass is 594 g/mol. The SMILES string of the molecule is COc1nc(N)nc2c1ncn2[C@@H]1OC(CO[P@]2(=O)NC(C(=O)O[C@H](C)c3ccccc3)CCS2)[C@@H](O)[C@@]1(C)O. The molecule has 0 spiro atoms. The molecule has 4 heterocycles. The van der Waals surface area contributed by atoms with Gasteiger partial charge in [-0.05, 0) is 25.8 Å². The van der Waals surface area contributed by atoms with Crippen LogP contribution in [0.1, 0.15) is 38.2 Å². The molecule has 14 nitrogen and oxygen atoms in total. The van der Waals surface area contributed by atoms with E-state index < -0.39 is 48.9 Å². The topological polar surface area (TPSA) is 193 Å². The summed E-state index contributed by atoms with van der Waals surface area (Å²) in [5.41, 5.74) is 5.34. The smallest absolute Gasteiger partial charge is 0.327 e. The number of benzene rings is 1. The van der Waals surface area contributed by atoms with Crippen molar-refractivity contribution in [2.75, 3.05) is 25.2 Å². The first-order valence-electron chi connectivity index (χ1n) is 12.5. The van der Waals surface area contributed by atoms with E-state index in [9.17, 15) is 19.6 Å². The lowest BCUT2D eigenvalue weighted by Crippen LogP contribution is -2.44. The van der Waals surface area contributed by atoms with Crippen LogP contribution in [0.15, 0.2) is 36.7 Å². The minimum Gasteiger partial charge on any atom is -0.479 e. The third-order valence-corrected chi connectivity index (χ3v) is 10.9. The molecular weight excluding hydrogens is 563 g/mol. The highest BCUT2D eigenvalue weighted by Gasteiger charge is 2.54. The first kappa shape index (κ1) is 28.7. The van der Waals surface area contributed by atoms with Gasteiger partial charge < -0.3 is 34.7 Å². The number of carbonyl (C=O) groups excluding carboxylic acids is 1. The zero-order chi connectivity index (χ0) is 28.7. The first-order chi connectivity index (χ1) is 19.0. The standard InChI is InChI=1S/C24H31N6O8PS/c1-13(14-7-5-4-6-8-14)37-21(32)15-9-10-40-39(34,29-15)36-11-16-18(31)24(2,33)22(38-16)30-12-26-17-19(30)27-23(25)28-20(17)35-3/h4-8,12-13,15-16,18,22,31,33H,9-11H2,1-3H3,(H,29,34)(H2,25,27,28)/t13-,15?,16?,18-,22-,24-,39-/m1/s1. The Bertz CT molecular complexity index is 1430. The maximum absolute atomic E-state index is 13.5. The van der Waals surface area contributed by atoms with Crippen LogP contribution < -0.4 is 15.6 Å². The van der Waals surface area contributed by atoms with Crippen molar-refractivity contribution in [2.45, 2.75) is 56.5 Å². The fourth-order valence-electron chi connectivity index (χ4n) is 4.65. The average Bonchev–Trinajstić information content (AvgIpc) is 3.45. The van der Waals surface area contributed by atoms with Crippen molar-refractivity contribution in [1.82, 2.24) is 24.6 Å². The van der Waals surface area contributed by atoms with Crippen LogP contribution in [0.5, 0.6) is 5.88 Å². The fraction of sp³-hybridized carbons (Fsp3) is 0.500. The van der Waals surface area contributed by atoms with Crippen LogP contribution in [0.25, 0.3) is 11.2 Å². The van der Waals surface area contributed by atoms with Crippen molar-refractivity contribution in [3.63, 3.8) is 0 Å². The van der Waals surface area contributed by atoms with Gasteiger partial charge in [0.25, 0.3) is 0 Å². The first-order valence-corrected chi connectivity index (χ1v) is 15.8. The van der Waals surface area contributed by atoms with E-state index in [-0.39, 0.29) is 29.6 Å². The van der Waals surface area contributed by atoms with Crippen molar-refractivity contribution in [3.05, 3.63) is 42.2 Å². The van der Waals surface area contributed by atoms with Gasteiger partial charge in [0, 0.05) is 5.75 Å². The second-order valence-corrected chi connectivity index (χ2v) is 14.1. The number of carbonyl (C=O) groups is 1. The van der Waals surface area contributed by atoms with Crippen molar-refractivity contribution in [2.24, 2.45) is 0 Å². The Labute approximate surface area is 233 Å². The number of methoxy groups -OCH3 is 1. The summed E-state index contributed by atoms with van der Waals surface area (Å²) in [6.45, 7) is -0.748. The summed E-state index contributed by atoms with van der Waals surface area (Å²) in [6, 6.07) is 8.46. The molecule has 5 rings (SSSR count). The van der Waals surface area contributed by atoms with Gasteiger partial charge in [0.2, 0.25) is 11.8 Å². The number of nitrogens with two attached hydrogens (primary N) is 1. The lowest BCUT2D eigenvalue weighted by atomic mass is 9.96. The molecule has 40 heavy (non-hydrogen) atoms. The molecular formula is C24H31N6O8PS. The number of imidazole rings is 1. The fourth-order valence-corrected chi connectivity index (χ4v) is 8.46. The van der Waals surface area contributed by atoms with Gasteiger partial charge in [-0.25, -0.2) is 10.1 Å². The van der Waals surface area contributed by atoms with Gasteiger partial charge >= 0.3 is 12.7 Å². The molecule has 7 atom stereocenters. The molecule has 0 bridgehead atoms. The van der Waals surface area contributed by atoms with Crippen molar-refractivity contribution in [1.29, 1.82) is 0 Å². The minimum atomic E-state index is -3.58. The Kier molecular flexibility index (Phi) is 8.08. The largest absolute Gasteiger partial charge is 0.479 e. The van der Waals surface area contributed by atoms with E-state index in [2.05, 4.69) is 20.0 Å². The summed E-state index contributed by atoms with van der Waals surface area (Å²) < 4.78 is 37.4. The molecule has 1 aromatic carbocycles. The number of nitrogens with zero attached hydrogens (tertiary/aromatic N) is 4. The number of anilines is 1. The Morgan fingerprint density at radius 1 is 1.38 bits per heavy atom. The quantitative estimate of drug-likeness (QED) is 0.218. The van der Waals surface area contributed by atoms with Gasteiger partial charge in [-0.15, -0.1) is 0 Å². The number of hydrogen-bond acceptors (Lipinski definition) is 13. The van der Waals surface area contributed by atoms with E-state index in [1.807, 2.05) is 30.3 Å². The van der Waals surface area contributed by atoms with Gasteiger partial charge in [-0.1, -0.05) is 41.7 Å². The Morgan fingerprint density at radius 2 is 2.12 bits per heavy atom. The van der Waals surface area contributed by atoms with E-state index in [0.717, 1.165) is 16.9 Å². The molecule has 16 heteroatoms. The highest BCUT2D eigenvalue weighted by molar-refractivity contribution is 8.56. The average molecular weight is 595 g/mol. The van der Waals surface area contributed by atoms with Gasteiger partial charge in [-0.3, -0.25) is 13.9 Å². The van der Waals surface area contributed by atoms with Crippen molar-refractivity contribution >= 4 is 41.2 Å². The van der Waals surface area contributed by atoms with E-state index in [0.29, 0.717) is 12.2 Å². The number of fused-ring (bicyclic) bond motifs is 1. The highest BCUT2D eigenvalue weighted by atomic mass is 32.7. The molecule has 0 radical (unpaired) electrons. The number of esters is 1. The lowest BCUT2D eigenvalue weighted by Gasteiger charge is -2.30. The molecule has 2 aromatic heterocycles. The van der Waals surface area contributed by atoms with Crippen LogP contribution in [0.4, 0.5) is 5.95 Å². The number of ether oxygens (including phenoxy) is 3.